The zero-order valence-corrected chi connectivity index (χ0v) is 17.6. The number of amides is 2. The lowest BCUT2D eigenvalue weighted by atomic mass is 9.92. The Morgan fingerprint density at radius 3 is 2.33 bits per heavy atom. The topological polar surface area (TPSA) is 123 Å². The molecule has 3 rings (SSSR count). The normalized spacial score (nSPS) is 18.7. The lowest BCUT2D eigenvalue weighted by Gasteiger charge is -2.47. The predicted molar refractivity (Wildman–Crippen MR) is 112 cm³/mol. The lowest BCUT2D eigenvalue weighted by molar-refractivity contribution is -0.137. The van der Waals surface area contributed by atoms with Gasteiger partial charge in [-0.2, -0.15) is 18.4 Å². The Hall–Kier alpha value is -4.04. The molecule has 2 unspecified atom stereocenters. The van der Waals surface area contributed by atoms with Gasteiger partial charge in [0.25, 0.3) is 0 Å². The van der Waals surface area contributed by atoms with Crippen molar-refractivity contribution < 1.29 is 27.9 Å². The van der Waals surface area contributed by atoms with E-state index in [0.717, 1.165) is 17.0 Å². The highest BCUT2D eigenvalue weighted by Gasteiger charge is 2.44. The van der Waals surface area contributed by atoms with Crippen molar-refractivity contribution in [1.29, 1.82) is 5.26 Å². The van der Waals surface area contributed by atoms with Gasteiger partial charge in [0, 0.05) is 18.4 Å². The first kappa shape index (κ1) is 23.6. The summed E-state index contributed by atoms with van der Waals surface area (Å²) in [6.45, 7) is 1.42. The lowest BCUT2D eigenvalue weighted by Crippen LogP contribution is -2.62. The second-order valence-corrected chi connectivity index (χ2v) is 7.23. The van der Waals surface area contributed by atoms with Crippen LogP contribution in [0.5, 0.6) is 0 Å². The van der Waals surface area contributed by atoms with Crippen LogP contribution >= 0.6 is 0 Å². The summed E-state index contributed by atoms with van der Waals surface area (Å²) in [4.78, 5) is 27.4. The number of allylic oxidation sites excluding steroid dienone is 1. The maximum absolute atomic E-state index is 13.3. The van der Waals surface area contributed by atoms with E-state index in [9.17, 15) is 27.9 Å². The van der Waals surface area contributed by atoms with Gasteiger partial charge in [0.1, 0.15) is 0 Å². The van der Waals surface area contributed by atoms with Crippen molar-refractivity contribution in [1.82, 2.24) is 10.2 Å². The summed E-state index contributed by atoms with van der Waals surface area (Å²) >= 11 is 0. The first-order chi connectivity index (χ1) is 15.5. The number of carbonyl (C=O) groups is 2. The van der Waals surface area contributed by atoms with E-state index in [4.69, 9.17) is 11.0 Å². The number of carboxylic acids is 1. The molecule has 1 aliphatic rings. The summed E-state index contributed by atoms with van der Waals surface area (Å²) in [6.07, 6.45) is -5.97. The number of hydrogen-bond acceptors (Lipinski definition) is 5. The molecule has 11 heteroatoms. The fourth-order valence-electron chi connectivity index (χ4n) is 3.83. The molecule has 0 aliphatic carbocycles. The number of aliphatic carboxylic acids is 1. The van der Waals surface area contributed by atoms with Gasteiger partial charge >= 0.3 is 18.2 Å². The van der Waals surface area contributed by atoms with Gasteiger partial charge in [-0.3, -0.25) is 10.6 Å². The number of urea groups is 1. The summed E-state index contributed by atoms with van der Waals surface area (Å²) in [5.41, 5.74) is 5.91. The van der Waals surface area contributed by atoms with Crippen LogP contribution in [0.15, 0.2) is 59.8 Å². The highest BCUT2D eigenvalue weighted by molar-refractivity contribution is 5.92. The first-order valence-corrected chi connectivity index (χ1v) is 9.67. The van der Waals surface area contributed by atoms with Crippen molar-refractivity contribution in [3.63, 3.8) is 0 Å². The Morgan fingerprint density at radius 1 is 1.18 bits per heavy atom. The Balaban J connectivity index is 2.26. The summed E-state index contributed by atoms with van der Waals surface area (Å²) in [5, 5.41) is 21.5. The van der Waals surface area contributed by atoms with Crippen LogP contribution in [-0.2, 0) is 11.0 Å². The van der Waals surface area contributed by atoms with Crippen molar-refractivity contribution in [3.8, 4) is 6.07 Å². The van der Waals surface area contributed by atoms with Gasteiger partial charge in [-0.05, 0) is 42.8 Å². The molecule has 0 aromatic heterocycles. The monoisotopic (exact) mass is 459 g/mol. The number of alkyl halides is 3. The minimum atomic E-state index is -4.63. The smallest absolute Gasteiger partial charge is 0.416 e. The molecule has 0 radical (unpaired) electrons. The van der Waals surface area contributed by atoms with Gasteiger partial charge in [-0.25, -0.2) is 9.59 Å². The molecule has 0 saturated heterocycles. The molecule has 1 aliphatic heterocycles. The number of nitrogens with one attached hydrogen (secondary N) is 1. The zero-order chi connectivity index (χ0) is 24.5. The van der Waals surface area contributed by atoms with Crippen molar-refractivity contribution in [2.75, 3.05) is 11.9 Å². The molecule has 2 atom stereocenters. The van der Waals surface area contributed by atoms with E-state index in [1.807, 2.05) is 6.07 Å². The van der Waals surface area contributed by atoms with Crippen LogP contribution in [0, 0.1) is 11.3 Å². The zero-order valence-electron chi connectivity index (χ0n) is 17.6. The molecule has 33 heavy (non-hydrogen) atoms. The number of rotatable bonds is 3. The molecule has 2 aromatic rings. The van der Waals surface area contributed by atoms with E-state index in [1.165, 1.54) is 55.3 Å². The number of hydrogen-bond donors (Lipinski definition) is 3. The van der Waals surface area contributed by atoms with Crippen molar-refractivity contribution >= 4 is 17.7 Å². The van der Waals surface area contributed by atoms with Crippen LogP contribution in [0.2, 0.25) is 0 Å². The Labute approximate surface area is 187 Å². The van der Waals surface area contributed by atoms with Gasteiger partial charge in [0.15, 0.2) is 6.29 Å². The standard InChI is InChI=1S/C22H20F3N5O3/c1-12-17(19(31)32)18(14-8-6-13(11-26)7-9-14)30(21(33)28-2)20(27)29(12)16-5-3-4-15(10-16)22(23,24)25/h3-10,18,20H,27H2,1-2H3,(H,28,33)(H,31,32). The van der Waals surface area contributed by atoms with Crippen molar-refractivity contribution in [3.05, 3.63) is 76.5 Å². The number of halogens is 3. The number of nitrogens with zero attached hydrogens (tertiary/aromatic N) is 3. The van der Waals surface area contributed by atoms with Gasteiger partial charge in [-0.1, -0.05) is 18.2 Å². The second-order valence-electron chi connectivity index (χ2n) is 7.23. The Morgan fingerprint density at radius 2 is 1.82 bits per heavy atom. The Kier molecular flexibility index (Phi) is 6.32. The number of carboxylic acid groups (broad SMARTS) is 1. The fraction of sp³-hybridized carbons (Fsp3) is 0.227. The van der Waals surface area contributed by atoms with Crippen LogP contribution < -0.4 is 16.0 Å². The van der Waals surface area contributed by atoms with Crippen LogP contribution in [0.3, 0.4) is 0 Å². The van der Waals surface area contributed by atoms with E-state index in [0.29, 0.717) is 11.1 Å². The van der Waals surface area contributed by atoms with Crippen LogP contribution in [-0.4, -0.2) is 35.3 Å². The number of nitriles is 1. The fourth-order valence-corrected chi connectivity index (χ4v) is 3.83. The summed E-state index contributed by atoms with van der Waals surface area (Å²) in [6, 6.07) is 10.2. The van der Waals surface area contributed by atoms with E-state index < -0.39 is 36.1 Å². The molecule has 2 amide bonds. The van der Waals surface area contributed by atoms with Gasteiger partial charge < -0.3 is 15.3 Å². The highest BCUT2D eigenvalue weighted by atomic mass is 19.4. The molecular weight excluding hydrogens is 439 g/mol. The minimum Gasteiger partial charge on any atom is -0.478 e. The summed E-state index contributed by atoms with van der Waals surface area (Å²) < 4.78 is 39.9. The largest absolute Gasteiger partial charge is 0.478 e. The summed E-state index contributed by atoms with van der Waals surface area (Å²) in [5.74, 6) is -1.38. The van der Waals surface area contributed by atoms with Crippen molar-refractivity contribution in [2.45, 2.75) is 25.4 Å². The van der Waals surface area contributed by atoms with E-state index in [-0.39, 0.29) is 17.0 Å². The molecular formula is C22H20F3N5O3. The second kappa shape index (κ2) is 8.84. The molecule has 2 aromatic carbocycles. The number of benzene rings is 2. The molecule has 0 bridgehead atoms. The molecule has 1 heterocycles. The van der Waals surface area contributed by atoms with Crippen molar-refractivity contribution in [2.24, 2.45) is 5.73 Å². The molecule has 4 N–H and O–H groups in total. The molecule has 8 nitrogen and oxygen atoms in total. The number of carbonyl (C=O) groups excluding carboxylic acids is 1. The maximum Gasteiger partial charge on any atom is 0.416 e. The first-order valence-electron chi connectivity index (χ1n) is 9.67. The quantitative estimate of drug-likeness (QED) is 0.647. The van der Waals surface area contributed by atoms with E-state index in [1.54, 1.807) is 0 Å². The van der Waals surface area contributed by atoms with Gasteiger partial charge in [-0.15, -0.1) is 0 Å². The van der Waals surface area contributed by atoms with Gasteiger partial charge in [0.05, 0.1) is 28.8 Å². The number of anilines is 1. The maximum atomic E-state index is 13.3. The highest BCUT2D eigenvalue weighted by Crippen LogP contribution is 2.41. The van der Waals surface area contributed by atoms with E-state index >= 15 is 0 Å². The van der Waals surface area contributed by atoms with Crippen LogP contribution in [0.4, 0.5) is 23.7 Å². The van der Waals surface area contributed by atoms with Crippen LogP contribution in [0.25, 0.3) is 0 Å². The SMILES string of the molecule is CNC(=O)N1C(c2ccc(C#N)cc2)C(C(=O)O)=C(C)N(c2cccc(C(F)(F)F)c2)C1N. The van der Waals surface area contributed by atoms with Gasteiger partial charge in [0.2, 0.25) is 0 Å². The molecule has 172 valence electrons. The molecule has 0 fully saturated rings. The third-order valence-electron chi connectivity index (χ3n) is 5.34. The Bertz CT molecular complexity index is 1160. The number of nitrogens with two attached hydrogens (primary N) is 1. The molecule has 0 spiro atoms. The van der Waals surface area contributed by atoms with E-state index in [2.05, 4.69) is 5.32 Å². The third kappa shape index (κ3) is 4.33. The average molecular weight is 459 g/mol. The third-order valence-corrected chi connectivity index (χ3v) is 5.34. The predicted octanol–water partition coefficient (Wildman–Crippen LogP) is 3.38. The molecule has 0 saturated carbocycles. The average Bonchev–Trinajstić information content (AvgIpc) is 2.77. The summed E-state index contributed by atoms with van der Waals surface area (Å²) in [7, 11) is 1.32. The minimum absolute atomic E-state index is 0.0271. The van der Waals surface area contributed by atoms with Crippen LogP contribution in [0.1, 0.15) is 29.7 Å².